The molecule has 2 heteroatoms. The third-order valence-electron chi connectivity index (χ3n) is 4.84. The van der Waals surface area contributed by atoms with Gasteiger partial charge in [-0.05, 0) is 55.3 Å². The van der Waals surface area contributed by atoms with Crippen LogP contribution >= 0.6 is 0 Å². The van der Waals surface area contributed by atoms with E-state index in [-0.39, 0.29) is 6.10 Å². The van der Waals surface area contributed by atoms with Crippen molar-refractivity contribution in [3.8, 4) is 0 Å². The SMILES string of the molecule is COCCC(C)C(O)C1CCC(C(C)(C)C)CC1. The van der Waals surface area contributed by atoms with Gasteiger partial charge in [0, 0.05) is 13.7 Å². The summed E-state index contributed by atoms with van der Waals surface area (Å²) in [6, 6.07) is 0. The molecule has 0 aromatic heterocycles. The Bertz CT molecular complexity index is 224. The standard InChI is InChI=1S/C16H32O2/c1-12(10-11-18-5)15(17)13-6-8-14(9-7-13)16(2,3)4/h12-15,17H,6-11H2,1-5H3. The topological polar surface area (TPSA) is 29.5 Å². The number of hydrogen-bond donors (Lipinski definition) is 1. The van der Waals surface area contributed by atoms with E-state index in [2.05, 4.69) is 27.7 Å². The zero-order valence-electron chi connectivity index (χ0n) is 12.9. The molecule has 2 unspecified atom stereocenters. The van der Waals surface area contributed by atoms with Crippen LogP contribution in [0.15, 0.2) is 0 Å². The predicted molar refractivity (Wildman–Crippen MR) is 76.6 cm³/mol. The van der Waals surface area contributed by atoms with Gasteiger partial charge in [0.2, 0.25) is 0 Å². The molecule has 0 aliphatic heterocycles. The number of aliphatic hydroxyl groups is 1. The Kier molecular flexibility index (Phi) is 6.13. The molecule has 0 aromatic carbocycles. The first-order valence-electron chi connectivity index (χ1n) is 7.53. The molecule has 0 amide bonds. The largest absolute Gasteiger partial charge is 0.393 e. The molecular weight excluding hydrogens is 224 g/mol. The summed E-state index contributed by atoms with van der Waals surface area (Å²) in [6.45, 7) is 9.94. The van der Waals surface area contributed by atoms with Crippen molar-refractivity contribution in [1.29, 1.82) is 0 Å². The van der Waals surface area contributed by atoms with Crippen LogP contribution in [0.3, 0.4) is 0 Å². The molecule has 1 fully saturated rings. The maximum Gasteiger partial charge on any atom is 0.0594 e. The lowest BCUT2D eigenvalue weighted by molar-refractivity contribution is 0.0101. The molecule has 18 heavy (non-hydrogen) atoms. The Balaban J connectivity index is 2.38. The van der Waals surface area contributed by atoms with Gasteiger partial charge in [0.05, 0.1) is 6.10 Å². The van der Waals surface area contributed by atoms with Gasteiger partial charge >= 0.3 is 0 Å². The minimum Gasteiger partial charge on any atom is -0.393 e. The smallest absolute Gasteiger partial charge is 0.0594 e. The van der Waals surface area contributed by atoms with Crippen molar-refractivity contribution >= 4 is 0 Å². The van der Waals surface area contributed by atoms with Crippen molar-refractivity contribution in [2.45, 2.75) is 65.9 Å². The number of rotatable bonds is 5. The van der Waals surface area contributed by atoms with Crippen LogP contribution in [0.4, 0.5) is 0 Å². The summed E-state index contributed by atoms with van der Waals surface area (Å²) in [5.41, 5.74) is 0.428. The molecule has 0 bridgehead atoms. The third kappa shape index (κ3) is 4.55. The number of ether oxygens (including phenoxy) is 1. The zero-order chi connectivity index (χ0) is 13.8. The van der Waals surface area contributed by atoms with Crippen LogP contribution in [0.2, 0.25) is 0 Å². The van der Waals surface area contributed by atoms with E-state index in [1.165, 1.54) is 25.7 Å². The van der Waals surface area contributed by atoms with E-state index in [1.54, 1.807) is 7.11 Å². The summed E-state index contributed by atoms with van der Waals surface area (Å²) in [4.78, 5) is 0. The van der Waals surface area contributed by atoms with Crippen molar-refractivity contribution in [3.63, 3.8) is 0 Å². The van der Waals surface area contributed by atoms with Crippen LogP contribution in [0.1, 0.15) is 59.8 Å². The van der Waals surface area contributed by atoms with E-state index in [0.29, 0.717) is 17.3 Å². The van der Waals surface area contributed by atoms with Gasteiger partial charge < -0.3 is 9.84 Å². The molecule has 2 atom stereocenters. The van der Waals surface area contributed by atoms with Crippen molar-refractivity contribution in [1.82, 2.24) is 0 Å². The molecule has 1 saturated carbocycles. The predicted octanol–water partition coefficient (Wildman–Crippen LogP) is 3.87. The fourth-order valence-corrected chi connectivity index (χ4v) is 3.27. The molecule has 1 aliphatic carbocycles. The third-order valence-corrected chi connectivity index (χ3v) is 4.84. The molecule has 1 N–H and O–H groups in total. The fraction of sp³-hybridized carbons (Fsp3) is 1.00. The minimum atomic E-state index is -0.138. The molecule has 108 valence electrons. The van der Waals surface area contributed by atoms with E-state index >= 15 is 0 Å². The van der Waals surface area contributed by atoms with Gasteiger partial charge in [0.1, 0.15) is 0 Å². The molecule has 1 rings (SSSR count). The first-order valence-corrected chi connectivity index (χ1v) is 7.53. The molecule has 0 saturated heterocycles. The fourth-order valence-electron chi connectivity index (χ4n) is 3.27. The van der Waals surface area contributed by atoms with Gasteiger partial charge in [-0.25, -0.2) is 0 Å². The molecule has 0 spiro atoms. The summed E-state index contributed by atoms with van der Waals surface area (Å²) in [5.74, 6) is 1.70. The quantitative estimate of drug-likeness (QED) is 0.809. The lowest BCUT2D eigenvalue weighted by Gasteiger charge is -2.39. The highest BCUT2D eigenvalue weighted by Gasteiger charge is 2.33. The van der Waals surface area contributed by atoms with Crippen LogP contribution in [0, 0.1) is 23.2 Å². The van der Waals surface area contributed by atoms with Crippen molar-refractivity contribution in [3.05, 3.63) is 0 Å². The molecule has 1 aliphatic rings. The Morgan fingerprint density at radius 1 is 1.17 bits per heavy atom. The van der Waals surface area contributed by atoms with Gasteiger partial charge in [-0.15, -0.1) is 0 Å². The van der Waals surface area contributed by atoms with Gasteiger partial charge in [0.25, 0.3) is 0 Å². The van der Waals surface area contributed by atoms with Gasteiger partial charge in [0.15, 0.2) is 0 Å². The zero-order valence-corrected chi connectivity index (χ0v) is 12.9. The number of hydrogen-bond acceptors (Lipinski definition) is 2. The van der Waals surface area contributed by atoms with E-state index < -0.39 is 0 Å². The maximum absolute atomic E-state index is 10.4. The average Bonchev–Trinajstić information content (AvgIpc) is 2.34. The van der Waals surface area contributed by atoms with E-state index in [0.717, 1.165) is 18.9 Å². The molecule has 0 aromatic rings. The van der Waals surface area contributed by atoms with E-state index in [4.69, 9.17) is 4.74 Å². The van der Waals surface area contributed by atoms with Gasteiger partial charge in [-0.2, -0.15) is 0 Å². The van der Waals surface area contributed by atoms with Crippen molar-refractivity contribution in [2.75, 3.05) is 13.7 Å². The van der Waals surface area contributed by atoms with Crippen LogP contribution in [0.5, 0.6) is 0 Å². The molecule has 0 heterocycles. The number of aliphatic hydroxyl groups excluding tert-OH is 1. The Labute approximate surface area is 113 Å². The van der Waals surface area contributed by atoms with Crippen LogP contribution in [-0.2, 0) is 4.74 Å². The first-order chi connectivity index (χ1) is 8.36. The second-order valence-electron chi connectivity index (χ2n) is 7.23. The van der Waals surface area contributed by atoms with Crippen molar-refractivity contribution < 1.29 is 9.84 Å². The lowest BCUT2D eigenvalue weighted by Crippen LogP contribution is -2.34. The average molecular weight is 256 g/mol. The Morgan fingerprint density at radius 2 is 1.72 bits per heavy atom. The van der Waals surface area contributed by atoms with Crippen LogP contribution in [-0.4, -0.2) is 24.9 Å². The lowest BCUT2D eigenvalue weighted by atomic mass is 9.68. The summed E-state index contributed by atoms with van der Waals surface area (Å²) < 4.78 is 5.10. The highest BCUT2D eigenvalue weighted by Crippen LogP contribution is 2.41. The highest BCUT2D eigenvalue weighted by atomic mass is 16.5. The van der Waals surface area contributed by atoms with Gasteiger partial charge in [-0.3, -0.25) is 0 Å². The summed E-state index contributed by atoms with van der Waals surface area (Å²) in [6.07, 6.45) is 5.78. The maximum atomic E-state index is 10.4. The second kappa shape index (κ2) is 6.91. The Hall–Kier alpha value is -0.0800. The van der Waals surface area contributed by atoms with Crippen LogP contribution < -0.4 is 0 Å². The van der Waals surface area contributed by atoms with E-state index in [1.807, 2.05) is 0 Å². The Morgan fingerprint density at radius 3 is 2.17 bits per heavy atom. The normalized spacial score (nSPS) is 29.0. The summed E-state index contributed by atoms with van der Waals surface area (Å²) >= 11 is 0. The minimum absolute atomic E-state index is 0.138. The highest BCUT2D eigenvalue weighted by molar-refractivity contribution is 4.84. The van der Waals surface area contributed by atoms with Crippen molar-refractivity contribution in [2.24, 2.45) is 23.2 Å². The summed E-state index contributed by atoms with van der Waals surface area (Å²) in [5, 5.41) is 10.4. The first kappa shape index (κ1) is 16.0. The molecular formula is C16H32O2. The van der Waals surface area contributed by atoms with Crippen LogP contribution in [0.25, 0.3) is 0 Å². The monoisotopic (exact) mass is 256 g/mol. The summed E-state index contributed by atoms with van der Waals surface area (Å²) in [7, 11) is 1.73. The molecule has 2 nitrogen and oxygen atoms in total. The second-order valence-corrected chi connectivity index (χ2v) is 7.23. The molecule has 0 radical (unpaired) electrons. The number of methoxy groups -OCH3 is 1. The van der Waals surface area contributed by atoms with E-state index in [9.17, 15) is 5.11 Å². The van der Waals surface area contributed by atoms with Gasteiger partial charge in [-0.1, -0.05) is 27.7 Å².